The Morgan fingerprint density at radius 2 is 1.93 bits per heavy atom. The normalized spacial score (nSPS) is 11.0. The van der Waals surface area contributed by atoms with Gasteiger partial charge in [0.15, 0.2) is 11.6 Å². The molecule has 0 aliphatic carbocycles. The average molecular weight is 436 g/mol. The maximum atomic E-state index is 14.1. The van der Waals surface area contributed by atoms with Crippen LogP contribution in [0.4, 0.5) is 14.6 Å². The number of nitriles is 1. The SMILES string of the molecule is Cc1ccc(F)c(Oc2ccc(S(=O)(=O)Nc3ccc(F)cn3)cc2C#N)c1Cl. The van der Waals surface area contributed by atoms with Crippen molar-refractivity contribution in [3.63, 3.8) is 0 Å². The van der Waals surface area contributed by atoms with E-state index in [0.717, 1.165) is 24.4 Å². The second kappa shape index (κ2) is 8.03. The molecule has 0 radical (unpaired) electrons. The van der Waals surface area contributed by atoms with Crippen LogP contribution in [-0.2, 0) is 10.0 Å². The van der Waals surface area contributed by atoms with E-state index in [1.165, 1.54) is 24.3 Å². The minimum absolute atomic E-state index is 0.0367. The summed E-state index contributed by atoms with van der Waals surface area (Å²) in [7, 11) is -4.11. The van der Waals surface area contributed by atoms with Crippen LogP contribution in [0.15, 0.2) is 53.6 Å². The molecular weight excluding hydrogens is 424 g/mol. The van der Waals surface area contributed by atoms with Gasteiger partial charge in [0.2, 0.25) is 0 Å². The minimum Gasteiger partial charge on any atom is -0.451 e. The van der Waals surface area contributed by atoms with Crippen LogP contribution in [0.1, 0.15) is 11.1 Å². The first-order valence-corrected chi connectivity index (χ1v) is 9.88. The number of benzene rings is 2. The highest BCUT2D eigenvalue weighted by atomic mass is 35.5. The summed E-state index contributed by atoms with van der Waals surface area (Å²) in [5, 5.41) is 9.41. The van der Waals surface area contributed by atoms with E-state index in [-0.39, 0.29) is 32.8 Å². The molecule has 0 aliphatic heterocycles. The Morgan fingerprint density at radius 1 is 1.17 bits per heavy atom. The number of aryl methyl sites for hydroxylation is 1. The summed E-state index contributed by atoms with van der Waals surface area (Å²) in [6, 6.07) is 10.1. The number of halogens is 3. The van der Waals surface area contributed by atoms with Crippen LogP contribution in [0.2, 0.25) is 5.02 Å². The molecule has 0 fully saturated rings. The van der Waals surface area contributed by atoms with Gasteiger partial charge in [-0.3, -0.25) is 4.72 Å². The number of hydrogen-bond donors (Lipinski definition) is 1. The third-order valence-corrected chi connectivity index (χ3v) is 5.62. The molecule has 3 rings (SSSR count). The summed E-state index contributed by atoms with van der Waals surface area (Å²) >= 11 is 6.06. The Labute approximate surface area is 170 Å². The summed E-state index contributed by atoms with van der Waals surface area (Å²) in [5.74, 6) is -1.79. The maximum absolute atomic E-state index is 14.1. The predicted molar refractivity (Wildman–Crippen MR) is 102 cm³/mol. The number of ether oxygens (including phenoxy) is 1. The van der Waals surface area contributed by atoms with E-state index in [4.69, 9.17) is 16.3 Å². The fourth-order valence-electron chi connectivity index (χ4n) is 2.32. The number of anilines is 1. The monoisotopic (exact) mass is 435 g/mol. The van der Waals surface area contributed by atoms with Gasteiger partial charge in [0.25, 0.3) is 10.0 Å². The predicted octanol–water partition coefficient (Wildman–Crippen LogP) is 4.79. The van der Waals surface area contributed by atoms with Crippen LogP contribution in [0.5, 0.6) is 11.5 Å². The van der Waals surface area contributed by atoms with E-state index < -0.39 is 21.7 Å². The van der Waals surface area contributed by atoms with E-state index in [1.54, 1.807) is 13.0 Å². The fourth-order valence-corrected chi connectivity index (χ4v) is 3.55. The summed E-state index contributed by atoms with van der Waals surface area (Å²) < 4.78 is 59.6. The zero-order valence-electron chi connectivity index (χ0n) is 14.8. The molecule has 0 saturated heterocycles. The minimum atomic E-state index is -4.11. The summed E-state index contributed by atoms with van der Waals surface area (Å²) in [5.41, 5.74) is 0.411. The Morgan fingerprint density at radius 3 is 2.59 bits per heavy atom. The third-order valence-electron chi connectivity index (χ3n) is 3.80. The molecule has 0 saturated carbocycles. The summed E-state index contributed by atoms with van der Waals surface area (Å²) in [6.07, 6.45) is 0.857. The van der Waals surface area contributed by atoms with Gasteiger partial charge in [-0.05, 0) is 48.9 Å². The third kappa shape index (κ3) is 4.45. The molecule has 10 heteroatoms. The molecule has 0 unspecified atom stereocenters. The highest BCUT2D eigenvalue weighted by Gasteiger charge is 2.19. The zero-order valence-corrected chi connectivity index (χ0v) is 16.4. The number of nitrogens with one attached hydrogen (secondary N) is 1. The van der Waals surface area contributed by atoms with E-state index in [0.29, 0.717) is 5.56 Å². The van der Waals surface area contributed by atoms with Gasteiger partial charge >= 0.3 is 0 Å². The Hall–Kier alpha value is -3.22. The molecule has 0 amide bonds. The molecule has 0 atom stereocenters. The van der Waals surface area contributed by atoms with E-state index in [9.17, 15) is 22.5 Å². The van der Waals surface area contributed by atoms with Crippen molar-refractivity contribution in [2.45, 2.75) is 11.8 Å². The van der Waals surface area contributed by atoms with Crippen molar-refractivity contribution >= 4 is 27.4 Å². The van der Waals surface area contributed by atoms with Crippen molar-refractivity contribution in [1.29, 1.82) is 5.26 Å². The quantitative estimate of drug-likeness (QED) is 0.622. The van der Waals surface area contributed by atoms with Crippen molar-refractivity contribution in [2.24, 2.45) is 0 Å². The lowest BCUT2D eigenvalue weighted by Gasteiger charge is -2.13. The molecule has 148 valence electrons. The second-order valence-corrected chi connectivity index (χ2v) is 7.91. The number of nitrogens with zero attached hydrogens (tertiary/aromatic N) is 2. The van der Waals surface area contributed by atoms with Gasteiger partial charge in [-0.1, -0.05) is 17.7 Å². The van der Waals surface area contributed by atoms with Crippen LogP contribution in [0, 0.1) is 29.9 Å². The first-order valence-electron chi connectivity index (χ1n) is 8.02. The van der Waals surface area contributed by atoms with Crippen molar-refractivity contribution in [3.05, 3.63) is 76.4 Å². The van der Waals surface area contributed by atoms with Crippen molar-refractivity contribution < 1.29 is 21.9 Å². The lowest BCUT2D eigenvalue weighted by atomic mass is 10.2. The van der Waals surface area contributed by atoms with Gasteiger partial charge in [0.05, 0.1) is 21.7 Å². The Balaban J connectivity index is 1.94. The number of sulfonamides is 1. The zero-order chi connectivity index (χ0) is 21.2. The lowest BCUT2D eigenvalue weighted by Crippen LogP contribution is -2.14. The Bertz CT molecular complexity index is 1230. The maximum Gasteiger partial charge on any atom is 0.263 e. The van der Waals surface area contributed by atoms with Crippen LogP contribution in [0.25, 0.3) is 0 Å². The highest BCUT2D eigenvalue weighted by Crippen LogP contribution is 2.36. The smallest absolute Gasteiger partial charge is 0.263 e. The van der Waals surface area contributed by atoms with E-state index >= 15 is 0 Å². The standard InChI is InChI=1S/C19H12ClF2N3O3S/c1-11-2-5-15(22)19(18(11)20)28-16-6-4-14(8-12(16)9-23)29(26,27)25-17-7-3-13(21)10-24-17/h2-8,10H,1H3,(H,24,25). The van der Waals surface area contributed by atoms with Gasteiger partial charge < -0.3 is 4.74 Å². The largest absolute Gasteiger partial charge is 0.451 e. The van der Waals surface area contributed by atoms with Crippen molar-refractivity contribution in [2.75, 3.05) is 4.72 Å². The van der Waals surface area contributed by atoms with Crippen molar-refractivity contribution in [1.82, 2.24) is 4.98 Å². The number of aromatic nitrogens is 1. The molecule has 1 N–H and O–H groups in total. The van der Waals surface area contributed by atoms with Crippen LogP contribution >= 0.6 is 11.6 Å². The molecule has 0 bridgehead atoms. The summed E-state index contributed by atoms with van der Waals surface area (Å²) in [4.78, 5) is 3.36. The molecule has 2 aromatic carbocycles. The van der Waals surface area contributed by atoms with Crippen molar-refractivity contribution in [3.8, 4) is 17.6 Å². The highest BCUT2D eigenvalue weighted by molar-refractivity contribution is 7.92. The molecule has 0 spiro atoms. The molecule has 0 aliphatic rings. The average Bonchev–Trinajstić information content (AvgIpc) is 2.69. The van der Waals surface area contributed by atoms with E-state index in [2.05, 4.69) is 9.71 Å². The molecule has 6 nitrogen and oxygen atoms in total. The number of rotatable bonds is 5. The first-order chi connectivity index (χ1) is 13.7. The van der Waals surface area contributed by atoms with Gasteiger partial charge in [-0.25, -0.2) is 22.2 Å². The molecule has 1 heterocycles. The molecule has 3 aromatic rings. The lowest BCUT2D eigenvalue weighted by molar-refractivity contribution is 0.440. The van der Waals surface area contributed by atoms with E-state index in [1.807, 2.05) is 0 Å². The van der Waals surface area contributed by atoms with Crippen LogP contribution in [0.3, 0.4) is 0 Å². The van der Waals surface area contributed by atoms with Crippen LogP contribution < -0.4 is 9.46 Å². The molecular formula is C19H12ClF2N3O3S. The van der Waals surface area contributed by atoms with Gasteiger partial charge in [-0.2, -0.15) is 5.26 Å². The fraction of sp³-hybridized carbons (Fsp3) is 0.0526. The second-order valence-electron chi connectivity index (χ2n) is 5.85. The van der Waals surface area contributed by atoms with Crippen LogP contribution in [-0.4, -0.2) is 13.4 Å². The number of pyridine rings is 1. The van der Waals surface area contributed by atoms with Gasteiger partial charge in [0.1, 0.15) is 23.5 Å². The number of hydrogen-bond acceptors (Lipinski definition) is 5. The molecule has 29 heavy (non-hydrogen) atoms. The Kier molecular flexibility index (Phi) is 5.68. The first kappa shape index (κ1) is 20.5. The summed E-state index contributed by atoms with van der Waals surface area (Å²) in [6.45, 7) is 1.66. The van der Waals surface area contributed by atoms with Gasteiger partial charge in [-0.15, -0.1) is 0 Å². The van der Waals surface area contributed by atoms with Gasteiger partial charge in [0, 0.05) is 0 Å². The topological polar surface area (TPSA) is 92.1 Å². The molecule has 1 aromatic heterocycles.